The number of hydrogen-bond donors (Lipinski definition) is 1. The molecule has 1 saturated heterocycles. The van der Waals surface area contributed by atoms with Crippen LogP contribution in [-0.2, 0) is 32.2 Å². The third-order valence-corrected chi connectivity index (χ3v) is 5.65. The second kappa shape index (κ2) is 10.3. The zero-order valence-electron chi connectivity index (χ0n) is 20.4. The summed E-state index contributed by atoms with van der Waals surface area (Å²) in [5.74, 6) is -0.977. The van der Waals surface area contributed by atoms with Gasteiger partial charge in [-0.15, -0.1) is 0 Å². The van der Waals surface area contributed by atoms with Crippen molar-refractivity contribution in [2.75, 3.05) is 11.9 Å². The molecule has 0 aliphatic carbocycles. The number of aromatic nitrogens is 2. The lowest BCUT2D eigenvalue weighted by atomic mass is 10.1. The van der Waals surface area contributed by atoms with Gasteiger partial charge in [0, 0.05) is 11.8 Å². The number of esters is 1. The van der Waals surface area contributed by atoms with E-state index in [1.807, 2.05) is 30.3 Å². The molecule has 190 valence electrons. The van der Waals surface area contributed by atoms with Gasteiger partial charge in [-0.25, -0.2) is 9.18 Å². The molecule has 1 N–H and O–H groups in total. The molecule has 0 bridgehead atoms. The fourth-order valence-electron chi connectivity index (χ4n) is 4.02. The van der Waals surface area contributed by atoms with Gasteiger partial charge < -0.3 is 14.8 Å². The molecule has 1 fully saturated rings. The highest BCUT2D eigenvalue weighted by Crippen LogP contribution is 2.27. The molecule has 1 aliphatic rings. The van der Waals surface area contributed by atoms with E-state index in [4.69, 9.17) is 9.47 Å². The fraction of sp³-hybridized carbons (Fsp3) is 0.385. The van der Waals surface area contributed by atoms with E-state index in [2.05, 4.69) is 10.4 Å². The Labute approximate surface area is 208 Å². The molecule has 36 heavy (non-hydrogen) atoms. The number of benzene rings is 2. The van der Waals surface area contributed by atoms with Gasteiger partial charge in [0.25, 0.3) is 0 Å². The van der Waals surface area contributed by atoms with Crippen molar-refractivity contribution in [1.82, 2.24) is 14.7 Å². The molecule has 0 unspecified atom stereocenters. The summed E-state index contributed by atoms with van der Waals surface area (Å²) in [6.45, 7) is 4.97. The molecular formula is C26H29FN4O5. The van der Waals surface area contributed by atoms with Crippen LogP contribution in [0.1, 0.15) is 32.8 Å². The summed E-state index contributed by atoms with van der Waals surface area (Å²) in [5, 5.41) is 7.65. The number of amides is 2. The van der Waals surface area contributed by atoms with E-state index < -0.39 is 35.8 Å². The Bertz CT molecular complexity index is 1250. The number of hydrogen-bond acceptors (Lipinski definition) is 6. The van der Waals surface area contributed by atoms with Crippen molar-refractivity contribution in [2.45, 2.75) is 58.2 Å². The monoisotopic (exact) mass is 496 g/mol. The van der Waals surface area contributed by atoms with Crippen LogP contribution in [0.5, 0.6) is 0 Å². The van der Waals surface area contributed by atoms with Gasteiger partial charge in [0.05, 0.1) is 23.9 Å². The van der Waals surface area contributed by atoms with E-state index in [9.17, 15) is 18.8 Å². The molecule has 1 aromatic heterocycles. The van der Waals surface area contributed by atoms with Gasteiger partial charge in [0.1, 0.15) is 31.0 Å². The predicted octanol–water partition coefficient (Wildman–Crippen LogP) is 4.07. The number of alkyl halides is 1. The number of fused-ring (bicyclic) bond motifs is 1. The van der Waals surface area contributed by atoms with E-state index in [-0.39, 0.29) is 26.1 Å². The first kappa shape index (κ1) is 25.2. The van der Waals surface area contributed by atoms with Crippen LogP contribution in [0.2, 0.25) is 0 Å². The molecule has 1 aliphatic heterocycles. The van der Waals surface area contributed by atoms with Crippen LogP contribution in [0.4, 0.5) is 14.9 Å². The highest BCUT2D eigenvalue weighted by Gasteiger charge is 2.41. The largest absolute Gasteiger partial charge is 0.459 e. The van der Waals surface area contributed by atoms with E-state index in [1.54, 1.807) is 39.0 Å². The number of nitrogens with zero attached hydrogens (tertiary/aromatic N) is 3. The van der Waals surface area contributed by atoms with Gasteiger partial charge in [-0.1, -0.05) is 36.4 Å². The van der Waals surface area contributed by atoms with Gasteiger partial charge in [-0.2, -0.15) is 5.10 Å². The Morgan fingerprint density at radius 1 is 1.11 bits per heavy atom. The lowest BCUT2D eigenvalue weighted by Gasteiger charge is -2.27. The summed E-state index contributed by atoms with van der Waals surface area (Å²) in [5.41, 5.74) is 1.16. The molecule has 0 saturated carbocycles. The van der Waals surface area contributed by atoms with Crippen molar-refractivity contribution in [3.05, 3.63) is 60.3 Å². The lowest BCUT2D eigenvalue weighted by molar-refractivity contribution is -0.145. The topological polar surface area (TPSA) is 103 Å². The second-order valence-electron chi connectivity index (χ2n) is 9.66. The first-order valence-corrected chi connectivity index (χ1v) is 11.7. The highest BCUT2D eigenvalue weighted by atomic mass is 19.1. The third-order valence-electron chi connectivity index (χ3n) is 5.65. The van der Waals surface area contributed by atoms with Crippen LogP contribution in [0.3, 0.4) is 0 Å². The van der Waals surface area contributed by atoms with Crippen molar-refractivity contribution < 1.29 is 28.2 Å². The van der Waals surface area contributed by atoms with Crippen LogP contribution < -0.4 is 5.32 Å². The average Bonchev–Trinajstić information content (AvgIpc) is 3.42. The van der Waals surface area contributed by atoms with Crippen LogP contribution in [0.15, 0.2) is 54.7 Å². The molecule has 10 heteroatoms. The molecule has 0 spiro atoms. The smallest absolute Gasteiger partial charge is 0.411 e. The Hall–Kier alpha value is -3.95. The van der Waals surface area contributed by atoms with Crippen LogP contribution in [-0.4, -0.2) is 57.0 Å². The number of carbonyl (C=O) groups is 3. The third kappa shape index (κ3) is 5.99. The molecule has 2 aromatic carbocycles. The van der Waals surface area contributed by atoms with Crippen molar-refractivity contribution >= 4 is 34.6 Å². The van der Waals surface area contributed by atoms with Crippen molar-refractivity contribution in [2.24, 2.45) is 0 Å². The summed E-state index contributed by atoms with van der Waals surface area (Å²) in [6.07, 6.45) is -0.641. The minimum absolute atomic E-state index is 0.105. The van der Waals surface area contributed by atoms with Gasteiger partial charge in [0.2, 0.25) is 5.91 Å². The number of likely N-dealkylation sites (tertiary alicyclic amines) is 1. The van der Waals surface area contributed by atoms with E-state index in [1.165, 1.54) is 10.9 Å². The SMILES string of the molecule is CC(C)(C)OC(=O)N1C[C@H](F)C[C@@H]1C(=O)Nc1cccc2c1cnn2CC(=O)OCc1ccccc1. The van der Waals surface area contributed by atoms with Gasteiger partial charge in [-0.3, -0.25) is 19.2 Å². The van der Waals surface area contributed by atoms with E-state index in [0.29, 0.717) is 16.6 Å². The summed E-state index contributed by atoms with van der Waals surface area (Å²) < 4.78 is 26.3. The van der Waals surface area contributed by atoms with Crippen molar-refractivity contribution in [1.29, 1.82) is 0 Å². The zero-order chi connectivity index (χ0) is 25.9. The van der Waals surface area contributed by atoms with Crippen LogP contribution in [0.25, 0.3) is 10.9 Å². The maximum Gasteiger partial charge on any atom is 0.411 e. The molecule has 2 heterocycles. The van der Waals surface area contributed by atoms with Crippen LogP contribution >= 0.6 is 0 Å². The first-order valence-electron chi connectivity index (χ1n) is 11.7. The molecule has 3 aromatic rings. The number of rotatable bonds is 6. The zero-order valence-corrected chi connectivity index (χ0v) is 20.4. The van der Waals surface area contributed by atoms with Gasteiger partial charge >= 0.3 is 12.1 Å². The summed E-state index contributed by atoms with van der Waals surface area (Å²) in [7, 11) is 0. The van der Waals surface area contributed by atoms with Crippen molar-refractivity contribution in [3.63, 3.8) is 0 Å². The second-order valence-corrected chi connectivity index (χ2v) is 9.66. The Morgan fingerprint density at radius 2 is 1.86 bits per heavy atom. The minimum atomic E-state index is -1.33. The summed E-state index contributed by atoms with van der Waals surface area (Å²) >= 11 is 0. The predicted molar refractivity (Wildman–Crippen MR) is 131 cm³/mol. The standard InChI is InChI=1S/C26H29FN4O5/c1-26(2,3)36-25(34)30-14-18(27)12-22(30)24(33)29-20-10-7-11-21-19(20)13-28-31(21)15-23(32)35-16-17-8-5-4-6-9-17/h4-11,13,18,22H,12,14-16H2,1-3H3,(H,29,33)/t18-,22-/m1/s1. The number of anilines is 1. The van der Waals surface area contributed by atoms with E-state index in [0.717, 1.165) is 10.5 Å². The Balaban J connectivity index is 1.44. The number of ether oxygens (including phenoxy) is 2. The molecule has 9 nitrogen and oxygen atoms in total. The number of carbonyl (C=O) groups excluding carboxylic acids is 3. The molecular weight excluding hydrogens is 467 g/mol. The van der Waals surface area contributed by atoms with Gasteiger partial charge in [0.15, 0.2) is 0 Å². The number of nitrogens with one attached hydrogen (secondary N) is 1. The molecule has 0 radical (unpaired) electrons. The Kier molecular flexibility index (Phi) is 7.23. The van der Waals surface area contributed by atoms with Crippen molar-refractivity contribution in [3.8, 4) is 0 Å². The summed E-state index contributed by atoms with van der Waals surface area (Å²) in [6, 6.07) is 13.5. The highest BCUT2D eigenvalue weighted by molar-refractivity contribution is 6.04. The Morgan fingerprint density at radius 3 is 2.58 bits per heavy atom. The van der Waals surface area contributed by atoms with E-state index >= 15 is 0 Å². The maximum atomic E-state index is 14.2. The summed E-state index contributed by atoms with van der Waals surface area (Å²) in [4.78, 5) is 39.1. The van der Waals surface area contributed by atoms with Crippen LogP contribution in [0, 0.1) is 0 Å². The maximum absolute atomic E-state index is 14.2. The average molecular weight is 497 g/mol. The first-order chi connectivity index (χ1) is 17.1. The van der Waals surface area contributed by atoms with Gasteiger partial charge in [-0.05, 0) is 38.5 Å². The molecule has 2 atom stereocenters. The normalized spacial score (nSPS) is 17.7. The fourth-order valence-corrected chi connectivity index (χ4v) is 4.02. The quantitative estimate of drug-likeness (QED) is 0.516. The molecule has 2 amide bonds. The lowest BCUT2D eigenvalue weighted by Crippen LogP contribution is -2.45. The number of halogens is 1. The molecule has 4 rings (SSSR count). The minimum Gasteiger partial charge on any atom is -0.459 e.